The van der Waals surface area contributed by atoms with Crippen LogP contribution in [0.25, 0.3) is 0 Å². The Morgan fingerprint density at radius 1 is 1.24 bits per heavy atom. The fraction of sp³-hybridized carbons (Fsp3) is 0.579. The molecule has 1 heterocycles. The Balaban J connectivity index is 0.00000420. The van der Waals surface area contributed by atoms with Crippen LogP contribution in [0.15, 0.2) is 35.3 Å². The molecule has 0 aromatic heterocycles. The molecule has 1 aromatic carbocycles. The molecule has 3 N–H and O–H groups in total. The molecule has 1 aromatic rings. The fourth-order valence-electron chi connectivity index (χ4n) is 2.81. The molecular weight excluding hydrogens is 507 g/mol. The van der Waals surface area contributed by atoms with Gasteiger partial charge in [-0.25, -0.2) is 8.42 Å². The average Bonchev–Trinajstić information content (AvgIpc) is 3.00. The van der Waals surface area contributed by atoms with E-state index in [1.54, 1.807) is 0 Å². The number of nitrogens with zero attached hydrogens (tertiary/aromatic N) is 1. The van der Waals surface area contributed by atoms with E-state index in [9.17, 15) is 13.2 Å². The molecular formula is C19H31IN4O4S. The number of aliphatic imine (C=N–C) groups is 1. The minimum Gasteiger partial charge on any atom is -0.494 e. The Hall–Kier alpha value is -1.56. The van der Waals surface area contributed by atoms with Gasteiger partial charge in [0.05, 0.1) is 18.1 Å². The quantitative estimate of drug-likeness (QED) is 0.180. The van der Waals surface area contributed by atoms with Gasteiger partial charge in [-0.1, -0.05) is 18.2 Å². The highest BCUT2D eigenvalue weighted by Crippen LogP contribution is 2.11. The van der Waals surface area contributed by atoms with Gasteiger partial charge in [-0.15, -0.1) is 24.0 Å². The number of hydrogen-bond acceptors (Lipinski definition) is 5. The Kier molecular flexibility index (Phi) is 12.0. The molecule has 2 rings (SSSR count). The third kappa shape index (κ3) is 10.7. The summed E-state index contributed by atoms with van der Waals surface area (Å²) in [5.41, 5.74) is 0. The van der Waals surface area contributed by atoms with Crippen LogP contribution < -0.4 is 20.7 Å². The maximum atomic E-state index is 12.0. The summed E-state index contributed by atoms with van der Waals surface area (Å²) in [6.07, 6.45) is 1.54. The summed E-state index contributed by atoms with van der Waals surface area (Å²) in [4.78, 5) is 16.4. The van der Waals surface area contributed by atoms with E-state index in [0.717, 1.165) is 18.7 Å². The molecule has 0 aliphatic carbocycles. The largest absolute Gasteiger partial charge is 0.494 e. The number of carbonyl (C=O) groups is 1. The van der Waals surface area contributed by atoms with Crippen molar-refractivity contribution < 1.29 is 17.9 Å². The Bertz CT molecular complexity index is 744. The minimum atomic E-state index is -2.98. The number of hydrogen-bond donors (Lipinski definition) is 3. The first-order chi connectivity index (χ1) is 13.5. The van der Waals surface area contributed by atoms with Crippen molar-refractivity contribution in [1.29, 1.82) is 0 Å². The summed E-state index contributed by atoms with van der Waals surface area (Å²) in [6.45, 7) is 4.31. The van der Waals surface area contributed by atoms with Crippen LogP contribution in [0.3, 0.4) is 0 Å². The second-order valence-corrected chi connectivity index (χ2v) is 8.85. The summed E-state index contributed by atoms with van der Waals surface area (Å²) in [5.74, 6) is 1.54. The van der Waals surface area contributed by atoms with Crippen molar-refractivity contribution >= 4 is 45.7 Å². The average molecular weight is 538 g/mol. The molecule has 8 nitrogen and oxygen atoms in total. The summed E-state index contributed by atoms with van der Waals surface area (Å²) in [5, 5.41) is 9.04. The molecule has 1 unspecified atom stereocenters. The number of rotatable bonds is 10. The van der Waals surface area contributed by atoms with Crippen LogP contribution >= 0.6 is 24.0 Å². The van der Waals surface area contributed by atoms with Crippen molar-refractivity contribution in [2.45, 2.75) is 32.2 Å². The van der Waals surface area contributed by atoms with Crippen molar-refractivity contribution in [1.82, 2.24) is 16.0 Å². The number of guanidine groups is 1. The Morgan fingerprint density at radius 2 is 2.00 bits per heavy atom. The normalized spacial score (nSPS) is 17.8. The van der Waals surface area contributed by atoms with E-state index in [0.29, 0.717) is 32.1 Å². The molecule has 0 radical (unpaired) electrons. The third-order valence-electron chi connectivity index (χ3n) is 4.17. The maximum Gasteiger partial charge on any atom is 0.222 e. The third-order valence-corrected chi connectivity index (χ3v) is 5.94. The maximum absolute atomic E-state index is 12.0. The highest BCUT2D eigenvalue weighted by molar-refractivity contribution is 14.0. The highest BCUT2D eigenvalue weighted by Gasteiger charge is 2.28. The first kappa shape index (κ1) is 25.5. The molecule has 0 spiro atoms. The molecule has 10 heteroatoms. The van der Waals surface area contributed by atoms with Gasteiger partial charge in [-0.2, -0.15) is 0 Å². The lowest BCUT2D eigenvalue weighted by Crippen LogP contribution is -2.41. The van der Waals surface area contributed by atoms with E-state index >= 15 is 0 Å². The van der Waals surface area contributed by atoms with Crippen molar-refractivity contribution in [3.63, 3.8) is 0 Å². The van der Waals surface area contributed by atoms with E-state index in [-0.39, 0.29) is 53.9 Å². The van der Waals surface area contributed by atoms with Crippen LogP contribution in [0.2, 0.25) is 0 Å². The van der Waals surface area contributed by atoms with Gasteiger partial charge in [0.1, 0.15) is 5.75 Å². The molecule has 0 saturated carbocycles. The van der Waals surface area contributed by atoms with Crippen molar-refractivity contribution in [2.75, 3.05) is 37.7 Å². The van der Waals surface area contributed by atoms with E-state index in [4.69, 9.17) is 4.74 Å². The molecule has 1 saturated heterocycles. The van der Waals surface area contributed by atoms with E-state index < -0.39 is 9.84 Å². The molecule has 0 bridgehead atoms. The molecule has 1 fully saturated rings. The fourth-order valence-corrected chi connectivity index (χ4v) is 4.48. The van der Waals surface area contributed by atoms with Gasteiger partial charge < -0.3 is 20.7 Å². The smallest absolute Gasteiger partial charge is 0.222 e. The number of amides is 1. The predicted octanol–water partition coefficient (Wildman–Crippen LogP) is 1.32. The molecule has 1 aliphatic heterocycles. The second kappa shape index (κ2) is 13.6. The lowest BCUT2D eigenvalue weighted by atomic mass is 10.2. The lowest BCUT2D eigenvalue weighted by Gasteiger charge is -2.13. The number of sulfone groups is 1. The second-order valence-electron chi connectivity index (χ2n) is 6.62. The number of halogens is 1. The van der Waals surface area contributed by atoms with Gasteiger partial charge in [0, 0.05) is 38.5 Å². The minimum absolute atomic E-state index is 0. The van der Waals surface area contributed by atoms with Crippen LogP contribution in [0.5, 0.6) is 5.75 Å². The SMILES string of the molecule is CCNC(=NCCCOc1ccccc1)NCCC(=O)NC1CCS(=O)(=O)C1.I. The predicted molar refractivity (Wildman–Crippen MR) is 126 cm³/mol. The van der Waals surface area contributed by atoms with Crippen molar-refractivity contribution in [3.8, 4) is 5.75 Å². The Labute approximate surface area is 190 Å². The van der Waals surface area contributed by atoms with Gasteiger partial charge >= 0.3 is 0 Å². The van der Waals surface area contributed by atoms with E-state index in [1.165, 1.54) is 0 Å². The van der Waals surface area contributed by atoms with E-state index in [1.807, 2.05) is 37.3 Å². The molecule has 164 valence electrons. The number of carbonyl (C=O) groups excluding carboxylic acids is 1. The first-order valence-corrected chi connectivity index (χ1v) is 11.5. The van der Waals surface area contributed by atoms with Crippen LogP contribution in [-0.4, -0.2) is 64.1 Å². The zero-order valence-corrected chi connectivity index (χ0v) is 19.9. The monoisotopic (exact) mass is 538 g/mol. The van der Waals surface area contributed by atoms with Crippen molar-refractivity contribution in [3.05, 3.63) is 30.3 Å². The summed E-state index contributed by atoms with van der Waals surface area (Å²) in [7, 11) is -2.98. The highest BCUT2D eigenvalue weighted by atomic mass is 127. The van der Waals surface area contributed by atoms with Crippen molar-refractivity contribution in [2.24, 2.45) is 4.99 Å². The van der Waals surface area contributed by atoms with E-state index in [2.05, 4.69) is 20.9 Å². The zero-order chi connectivity index (χ0) is 20.2. The standard InChI is InChI=1S/C19H30N4O4S.HI/c1-2-20-19(21-11-6-13-27-17-7-4-3-5-8-17)22-12-9-18(24)23-16-10-14-28(25,26)15-16;/h3-5,7-8,16H,2,6,9-15H2,1H3,(H,23,24)(H2,20,21,22);1H. The van der Waals surface area contributed by atoms with Crippen LogP contribution in [0.1, 0.15) is 26.2 Å². The molecule has 1 amide bonds. The number of ether oxygens (including phenoxy) is 1. The van der Waals surface area contributed by atoms with Gasteiger partial charge in [-0.05, 0) is 25.5 Å². The molecule has 1 aliphatic rings. The summed E-state index contributed by atoms with van der Waals surface area (Å²) in [6, 6.07) is 9.39. The molecule has 29 heavy (non-hydrogen) atoms. The number of benzene rings is 1. The zero-order valence-electron chi connectivity index (χ0n) is 16.7. The first-order valence-electron chi connectivity index (χ1n) is 9.68. The van der Waals surface area contributed by atoms with Gasteiger partial charge in [0.2, 0.25) is 5.91 Å². The molecule has 1 atom stereocenters. The topological polar surface area (TPSA) is 109 Å². The van der Waals surface area contributed by atoms with Crippen LogP contribution in [0, 0.1) is 0 Å². The summed E-state index contributed by atoms with van der Waals surface area (Å²) >= 11 is 0. The van der Waals surface area contributed by atoms with Gasteiger partial charge in [0.25, 0.3) is 0 Å². The van der Waals surface area contributed by atoms with Crippen LogP contribution in [0.4, 0.5) is 0 Å². The summed E-state index contributed by atoms with van der Waals surface area (Å²) < 4.78 is 28.5. The van der Waals surface area contributed by atoms with Gasteiger partial charge in [0.15, 0.2) is 15.8 Å². The van der Waals surface area contributed by atoms with Crippen LogP contribution in [-0.2, 0) is 14.6 Å². The number of para-hydroxylation sites is 1. The lowest BCUT2D eigenvalue weighted by molar-refractivity contribution is -0.121. The van der Waals surface area contributed by atoms with Gasteiger partial charge in [-0.3, -0.25) is 9.79 Å². The number of nitrogens with one attached hydrogen (secondary N) is 3. The Morgan fingerprint density at radius 3 is 2.66 bits per heavy atom.